The standard InChI is InChI=1S/C25H21ClN2O3/c1-18-15-24(28(27-18)16-21-9-5-6-10-23(21)26)31-25(29)20-11-13-22(14-12-20)30-17-19-7-3-2-4-8-19/h2-15H,16-17H2,1H3. The van der Waals surface area contributed by atoms with Crippen LogP contribution in [-0.4, -0.2) is 15.7 Å². The van der Waals surface area contributed by atoms with Crippen molar-refractivity contribution in [1.82, 2.24) is 9.78 Å². The van der Waals surface area contributed by atoms with Crippen LogP contribution in [0.5, 0.6) is 11.6 Å². The molecule has 1 heterocycles. The van der Waals surface area contributed by atoms with Crippen LogP contribution in [0.3, 0.4) is 0 Å². The van der Waals surface area contributed by atoms with Gasteiger partial charge in [-0.25, -0.2) is 9.48 Å². The first kappa shape index (κ1) is 20.7. The molecule has 0 fully saturated rings. The smallest absolute Gasteiger partial charge is 0.344 e. The number of aromatic nitrogens is 2. The molecule has 1 aromatic heterocycles. The van der Waals surface area contributed by atoms with Gasteiger partial charge in [0.1, 0.15) is 12.4 Å². The van der Waals surface area contributed by atoms with Crippen LogP contribution >= 0.6 is 11.6 Å². The molecule has 4 aromatic rings. The number of carbonyl (C=O) groups excluding carboxylic acids is 1. The number of aryl methyl sites for hydroxylation is 1. The van der Waals surface area contributed by atoms with Crippen molar-refractivity contribution in [3.8, 4) is 11.6 Å². The van der Waals surface area contributed by atoms with Gasteiger partial charge in [-0.05, 0) is 48.4 Å². The van der Waals surface area contributed by atoms with E-state index in [0.717, 1.165) is 16.8 Å². The van der Waals surface area contributed by atoms with Crippen molar-refractivity contribution in [2.45, 2.75) is 20.1 Å². The molecule has 0 amide bonds. The highest BCUT2D eigenvalue weighted by Crippen LogP contribution is 2.22. The molecule has 4 rings (SSSR count). The monoisotopic (exact) mass is 432 g/mol. The highest BCUT2D eigenvalue weighted by Gasteiger charge is 2.15. The number of carbonyl (C=O) groups is 1. The molecule has 0 spiro atoms. The Balaban J connectivity index is 1.42. The normalized spacial score (nSPS) is 10.6. The van der Waals surface area contributed by atoms with Crippen molar-refractivity contribution >= 4 is 17.6 Å². The summed E-state index contributed by atoms with van der Waals surface area (Å²) >= 11 is 6.25. The number of hydrogen-bond acceptors (Lipinski definition) is 4. The zero-order chi connectivity index (χ0) is 21.6. The number of nitrogens with zero attached hydrogens (tertiary/aromatic N) is 2. The lowest BCUT2D eigenvalue weighted by Gasteiger charge is -2.10. The van der Waals surface area contributed by atoms with E-state index in [-0.39, 0.29) is 0 Å². The van der Waals surface area contributed by atoms with Crippen LogP contribution in [0.1, 0.15) is 27.2 Å². The third-order valence-corrected chi connectivity index (χ3v) is 5.05. The predicted molar refractivity (Wildman–Crippen MR) is 120 cm³/mol. The van der Waals surface area contributed by atoms with Crippen molar-refractivity contribution in [1.29, 1.82) is 0 Å². The van der Waals surface area contributed by atoms with Gasteiger partial charge in [-0.1, -0.05) is 60.1 Å². The average molecular weight is 433 g/mol. The second-order valence-corrected chi connectivity index (χ2v) is 7.47. The van der Waals surface area contributed by atoms with E-state index in [0.29, 0.717) is 35.4 Å². The summed E-state index contributed by atoms with van der Waals surface area (Å²) in [7, 11) is 0. The van der Waals surface area contributed by atoms with Crippen LogP contribution in [0.15, 0.2) is 84.9 Å². The molecule has 0 N–H and O–H groups in total. The molecule has 5 nitrogen and oxygen atoms in total. The number of esters is 1. The molecular formula is C25H21ClN2O3. The fraction of sp³-hybridized carbons (Fsp3) is 0.120. The maximum atomic E-state index is 12.7. The topological polar surface area (TPSA) is 53.4 Å². The van der Waals surface area contributed by atoms with Gasteiger partial charge in [0.15, 0.2) is 0 Å². The summed E-state index contributed by atoms with van der Waals surface area (Å²) in [6, 6.07) is 26.0. The summed E-state index contributed by atoms with van der Waals surface area (Å²) in [5.74, 6) is 0.585. The molecular weight excluding hydrogens is 412 g/mol. The third kappa shape index (κ3) is 5.32. The molecule has 0 unspecified atom stereocenters. The maximum absolute atomic E-state index is 12.7. The lowest BCUT2D eigenvalue weighted by atomic mass is 10.2. The van der Waals surface area contributed by atoms with Gasteiger partial charge >= 0.3 is 5.97 Å². The SMILES string of the molecule is Cc1cc(OC(=O)c2ccc(OCc3ccccc3)cc2)n(Cc2ccccc2Cl)n1. The van der Waals surface area contributed by atoms with Crippen LogP contribution in [0.25, 0.3) is 0 Å². The summed E-state index contributed by atoms with van der Waals surface area (Å²) in [5.41, 5.74) is 3.15. The molecule has 0 atom stereocenters. The highest BCUT2D eigenvalue weighted by atomic mass is 35.5. The van der Waals surface area contributed by atoms with Crippen molar-refractivity contribution in [3.63, 3.8) is 0 Å². The van der Waals surface area contributed by atoms with Crippen molar-refractivity contribution in [3.05, 3.63) is 112 Å². The van der Waals surface area contributed by atoms with E-state index in [1.54, 1.807) is 35.0 Å². The minimum Gasteiger partial charge on any atom is -0.489 e. The van der Waals surface area contributed by atoms with E-state index in [1.807, 2.05) is 61.5 Å². The molecule has 0 aliphatic heterocycles. The first-order valence-electron chi connectivity index (χ1n) is 9.85. The van der Waals surface area contributed by atoms with E-state index in [2.05, 4.69) is 5.10 Å². The van der Waals surface area contributed by atoms with Crippen LogP contribution < -0.4 is 9.47 Å². The summed E-state index contributed by atoms with van der Waals surface area (Å²) in [6.45, 7) is 2.72. The molecule has 31 heavy (non-hydrogen) atoms. The lowest BCUT2D eigenvalue weighted by molar-refractivity contribution is 0.0719. The number of rotatable bonds is 7. The summed E-state index contributed by atoms with van der Waals surface area (Å²) in [6.07, 6.45) is 0. The zero-order valence-corrected chi connectivity index (χ0v) is 17.8. The summed E-state index contributed by atoms with van der Waals surface area (Å²) in [5, 5.41) is 5.06. The van der Waals surface area contributed by atoms with Crippen molar-refractivity contribution in [2.75, 3.05) is 0 Å². The fourth-order valence-corrected chi connectivity index (χ4v) is 3.28. The van der Waals surface area contributed by atoms with Crippen LogP contribution in [0.4, 0.5) is 0 Å². The second kappa shape index (κ2) is 9.49. The Bertz CT molecular complexity index is 1170. The number of halogens is 1. The van der Waals surface area contributed by atoms with Gasteiger partial charge < -0.3 is 9.47 Å². The Kier molecular flexibility index (Phi) is 6.34. The van der Waals surface area contributed by atoms with Gasteiger partial charge in [-0.3, -0.25) is 0 Å². The van der Waals surface area contributed by atoms with E-state index in [9.17, 15) is 4.79 Å². The number of benzene rings is 3. The zero-order valence-electron chi connectivity index (χ0n) is 17.0. The molecule has 0 aliphatic carbocycles. The van der Waals surface area contributed by atoms with Gasteiger partial charge in [0, 0.05) is 11.1 Å². The Morgan fingerprint density at radius 2 is 1.68 bits per heavy atom. The quantitative estimate of drug-likeness (QED) is 0.352. The Morgan fingerprint density at radius 3 is 2.42 bits per heavy atom. The molecule has 0 bridgehead atoms. The molecule has 0 radical (unpaired) electrons. The Morgan fingerprint density at radius 1 is 0.968 bits per heavy atom. The van der Waals surface area contributed by atoms with Crippen molar-refractivity contribution < 1.29 is 14.3 Å². The second-order valence-electron chi connectivity index (χ2n) is 7.06. The molecule has 6 heteroatoms. The van der Waals surface area contributed by atoms with Gasteiger partial charge in [-0.15, -0.1) is 0 Å². The predicted octanol–water partition coefficient (Wildman–Crippen LogP) is 5.69. The van der Waals surface area contributed by atoms with Crippen molar-refractivity contribution in [2.24, 2.45) is 0 Å². The average Bonchev–Trinajstić information content (AvgIpc) is 3.13. The van der Waals surface area contributed by atoms with E-state index < -0.39 is 5.97 Å². The lowest BCUT2D eigenvalue weighted by Crippen LogP contribution is -2.13. The van der Waals surface area contributed by atoms with Crippen LogP contribution in [0.2, 0.25) is 5.02 Å². The molecule has 0 saturated heterocycles. The largest absolute Gasteiger partial charge is 0.489 e. The maximum Gasteiger partial charge on any atom is 0.344 e. The Hall–Kier alpha value is -3.57. The Labute approximate surface area is 185 Å². The highest BCUT2D eigenvalue weighted by molar-refractivity contribution is 6.31. The number of ether oxygens (including phenoxy) is 2. The van der Waals surface area contributed by atoms with E-state index in [4.69, 9.17) is 21.1 Å². The summed E-state index contributed by atoms with van der Waals surface area (Å²) in [4.78, 5) is 12.7. The third-order valence-electron chi connectivity index (χ3n) is 4.68. The van der Waals surface area contributed by atoms with Gasteiger partial charge in [0.25, 0.3) is 0 Å². The molecule has 0 saturated carbocycles. The molecule has 0 aliphatic rings. The van der Waals surface area contributed by atoms with E-state index >= 15 is 0 Å². The fourth-order valence-electron chi connectivity index (χ4n) is 3.09. The van der Waals surface area contributed by atoms with Crippen LogP contribution in [0, 0.1) is 6.92 Å². The van der Waals surface area contributed by atoms with E-state index in [1.165, 1.54) is 0 Å². The van der Waals surface area contributed by atoms with Gasteiger partial charge in [0.05, 0.1) is 17.8 Å². The number of hydrogen-bond donors (Lipinski definition) is 0. The van der Waals surface area contributed by atoms with Gasteiger partial charge in [-0.2, -0.15) is 5.10 Å². The van der Waals surface area contributed by atoms with Crippen LogP contribution in [-0.2, 0) is 13.2 Å². The minimum atomic E-state index is -0.463. The first-order valence-corrected chi connectivity index (χ1v) is 10.2. The molecule has 3 aromatic carbocycles. The van der Waals surface area contributed by atoms with Gasteiger partial charge in [0.2, 0.25) is 5.88 Å². The minimum absolute atomic E-state index is 0.367. The first-order chi connectivity index (χ1) is 15.1. The summed E-state index contributed by atoms with van der Waals surface area (Å²) < 4.78 is 13.0. The molecule has 156 valence electrons.